The van der Waals surface area contributed by atoms with E-state index in [0.717, 1.165) is 44.4 Å². The molecule has 0 bridgehead atoms. The summed E-state index contributed by atoms with van der Waals surface area (Å²) in [6, 6.07) is 58.5. The fraction of sp³-hybridized carbons (Fsp3) is 0. The highest BCUT2D eigenvalue weighted by Gasteiger charge is 2.16. The van der Waals surface area contributed by atoms with Gasteiger partial charge in [0.2, 0.25) is 0 Å². The molecule has 0 N–H and O–H groups in total. The highest BCUT2D eigenvalue weighted by Crippen LogP contribution is 2.41. The van der Waals surface area contributed by atoms with Gasteiger partial charge in [-0.05, 0) is 92.7 Å². The van der Waals surface area contributed by atoms with E-state index in [1.165, 1.54) is 38.1 Å². The minimum Gasteiger partial charge on any atom is -0.455 e. The Kier molecular flexibility index (Phi) is 5.54. The average molecular weight is 562 g/mol. The third kappa shape index (κ3) is 3.89. The lowest BCUT2D eigenvalue weighted by Crippen LogP contribution is -2.09. The van der Waals surface area contributed by atoms with Crippen LogP contribution in [0.2, 0.25) is 0 Å². The molecule has 206 valence electrons. The third-order valence-electron chi connectivity index (χ3n) is 8.83. The zero-order valence-electron chi connectivity index (χ0n) is 23.9. The number of hydrogen-bond acceptors (Lipinski definition) is 2. The Morgan fingerprint density at radius 1 is 0.364 bits per heavy atom. The van der Waals surface area contributed by atoms with Gasteiger partial charge >= 0.3 is 0 Å². The van der Waals surface area contributed by atoms with Crippen LogP contribution in [0.5, 0.6) is 0 Å². The molecule has 0 saturated carbocycles. The van der Waals surface area contributed by atoms with E-state index in [4.69, 9.17) is 4.42 Å². The molecular formula is C42H27NO. The molecule has 44 heavy (non-hydrogen) atoms. The van der Waals surface area contributed by atoms with Crippen molar-refractivity contribution in [1.29, 1.82) is 0 Å². The Bertz CT molecular complexity index is 2480. The Morgan fingerprint density at radius 3 is 1.77 bits per heavy atom. The lowest BCUT2D eigenvalue weighted by atomic mass is 9.95. The summed E-state index contributed by atoms with van der Waals surface area (Å²) in [6.07, 6.45) is 0. The Labute approximate surface area is 255 Å². The van der Waals surface area contributed by atoms with E-state index in [9.17, 15) is 0 Å². The van der Waals surface area contributed by atoms with Gasteiger partial charge in [-0.3, -0.25) is 0 Å². The van der Waals surface area contributed by atoms with E-state index in [1.54, 1.807) is 0 Å². The quantitative estimate of drug-likeness (QED) is 0.199. The molecule has 0 amide bonds. The van der Waals surface area contributed by atoms with Crippen molar-refractivity contribution in [3.05, 3.63) is 164 Å². The largest absolute Gasteiger partial charge is 0.455 e. The second-order valence-electron chi connectivity index (χ2n) is 11.4. The monoisotopic (exact) mass is 561 g/mol. The van der Waals surface area contributed by atoms with E-state index in [0.29, 0.717) is 0 Å². The van der Waals surface area contributed by atoms with Crippen molar-refractivity contribution in [2.24, 2.45) is 0 Å². The van der Waals surface area contributed by atoms with Gasteiger partial charge < -0.3 is 9.32 Å². The summed E-state index contributed by atoms with van der Waals surface area (Å²) in [7, 11) is 0. The van der Waals surface area contributed by atoms with Crippen molar-refractivity contribution in [3.8, 4) is 11.1 Å². The van der Waals surface area contributed by atoms with E-state index >= 15 is 0 Å². The lowest BCUT2D eigenvalue weighted by Gasteiger charge is -2.26. The summed E-state index contributed by atoms with van der Waals surface area (Å²) in [6.45, 7) is 0. The second kappa shape index (κ2) is 9.86. The predicted molar refractivity (Wildman–Crippen MR) is 186 cm³/mol. The van der Waals surface area contributed by atoms with Crippen LogP contribution in [0.15, 0.2) is 168 Å². The molecule has 0 unspecified atom stereocenters. The molecule has 2 heteroatoms. The fourth-order valence-corrected chi connectivity index (χ4v) is 6.74. The van der Waals surface area contributed by atoms with Gasteiger partial charge in [0.1, 0.15) is 11.2 Å². The van der Waals surface area contributed by atoms with Gasteiger partial charge in [-0.15, -0.1) is 0 Å². The summed E-state index contributed by atoms with van der Waals surface area (Å²) >= 11 is 0. The molecule has 0 aliphatic carbocycles. The molecule has 1 aromatic heterocycles. The molecule has 2 nitrogen and oxygen atoms in total. The molecule has 0 fully saturated rings. The SMILES string of the molecule is c1ccc(-c2ccc(N(c3ccccc3)c3ccc4c(ccc5ccc6c(ccc7c8ccccc8oc76)c54)c3)cc2)cc1. The summed E-state index contributed by atoms with van der Waals surface area (Å²) in [5, 5.41) is 9.60. The molecule has 9 rings (SSSR count). The van der Waals surface area contributed by atoms with E-state index < -0.39 is 0 Å². The molecule has 0 aliphatic rings. The normalized spacial score (nSPS) is 11.6. The van der Waals surface area contributed by atoms with Crippen molar-refractivity contribution in [3.63, 3.8) is 0 Å². The molecule has 0 atom stereocenters. The number of anilines is 3. The van der Waals surface area contributed by atoms with Gasteiger partial charge in [-0.2, -0.15) is 0 Å². The predicted octanol–water partition coefficient (Wildman–Crippen LogP) is 12.2. The summed E-state index contributed by atoms with van der Waals surface area (Å²) in [5.41, 5.74) is 7.67. The van der Waals surface area contributed by atoms with Crippen molar-refractivity contribution in [1.82, 2.24) is 0 Å². The zero-order valence-corrected chi connectivity index (χ0v) is 23.9. The molecule has 8 aromatic carbocycles. The minimum absolute atomic E-state index is 0.926. The summed E-state index contributed by atoms with van der Waals surface area (Å²) in [5.74, 6) is 0. The molecule has 0 spiro atoms. The Hall–Kier alpha value is -5.86. The van der Waals surface area contributed by atoms with Crippen LogP contribution in [-0.4, -0.2) is 0 Å². The molecule has 0 aliphatic heterocycles. The van der Waals surface area contributed by atoms with Crippen LogP contribution in [0.3, 0.4) is 0 Å². The number of benzene rings is 8. The molecule has 0 saturated heterocycles. The van der Waals surface area contributed by atoms with Gasteiger partial charge in [0.15, 0.2) is 0 Å². The third-order valence-corrected chi connectivity index (χ3v) is 8.83. The zero-order chi connectivity index (χ0) is 29.0. The summed E-state index contributed by atoms with van der Waals surface area (Å²) < 4.78 is 6.41. The first-order valence-electron chi connectivity index (χ1n) is 15.0. The highest BCUT2D eigenvalue weighted by molar-refractivity contribution is 6.26. The first-order valence-corrected chi connectivity index (χ1v) is 15.0. The van der Waals surface area contributed by atoms with Crippen molar-refractivity contribution in [2.75, 3.05) is 4.90 Å². The van der Waals surface area contributed by atoms with E-state index in [1.807, 2.05) is 12.1 Å². The number of para-hydroxylation sites is 2. The molecule has 0 radical (unpaired) electrons. The highest BCUT2D eigenvalue weighted by atomic mass is 16.3. The number of hydrogen-bond donors (Lipinski definition) is 0. The van der Waals surface area contributed by atoms with Crippen molar-refractivity contribution in [2.45, 2.75) is 0 Å². The number of nitrogens with zero attached hydrogens (tertiary/aromatic N) is 1. The molecular weight excluding hydrogens is 534 g/mol. The maximum absolute atomic E-state index is 6.41. The van der Waals surface area contributed by atoms with Gasteiger partial charge in [0.25, 0.3) is 0 Å². The van der Waals surface area contributed by atoms with Crippen molar-refractivity contribution >= 4 is 71.3 Å². The standard InChI is InChI=1S/C42H27NO/c1-3-9-28(10-4-1)29-17-20-33(21-18-29)43(32-11-5-2-6-12-32)34-22-24-35-31(27-34)16-15-30-19-23-39-37(41(30)35)25-26-38-36-13-7-8-14-40(36)44-42(38)39/h1-27H. The van der Waals surface area contributed by atoms with Crippen LogP contribution in [-0.2, 0) is 0 Å². The van der Waals surface area contributed by atoms with Crippen molar-refractivity contribution < 1.29 is 4.42 Å². The van der Waals surface area contributed by atoms with Gasteiger partial charge in [0, 0.05) is 33.2 Å². The van der Waals surface area contributed by atoms with Crippen LogP contribution >= 0.6 is 0 Å². The average Bonchev–Trinajstić information content (AvgIpc) is 3.48. The summed E-state index contributed by atoms with van der Waals surface area (Å²) in [4.78, 5) is 2.33. The smallest absolute Gasteiger partial charge is 0.143 e. The number of furan rings is 1. The lowest BCUT2D eigenvalue weighted by molar-refractivity contribution is 0.672. The van der Waals surface area contributed by atoms with Crippen LogP contribution < -0.4 is 4.90 Å². The maximum Gasteiger partial charge on any atom is 0.143 e. The fourth-order valence-electron chi connectivity index (χ4n) is 6.74. The first-order chi connectivity index (χ1) is 21.8. The first kappa shape index (κ1) is 24.7. The van der Waals surface area contributed by atoms with E-state index in [-0.39, 0.29) is 0 Å². The topological polar surface area (TPSA) is 16.4 Å². The number of rotatable bonds is 4. The van der Waals surface area contributed by atoms with Crippen LogP contribution in [0.4, 0.5) is 17.1 Å². The number of fused-ring (bicyclic) bond motifs is 9. The Balaban J connectivity index is 1.22. The van der Waals surface area contributed by atoms with Crippen LogP contribution in [0.1, 0.15) is 0 Å². The van der Waals surface area contributed by atoms with Gasteiger partial charge in [-0.25, -0.2) is 0 Å². The van der Waals surface area contributed by atoms with Crippen LogP contribution in [0, 0.1) is 0 Å². The molecule has 9 aromatic rings. The second-order valence-corrected chi connectivity index (χ2v) is 11.4. The Morgan fingerprint density at radius 2 is 0.932 bits per heavy atom. The maximum atomic E-state index is 6.41. The minimum atomic E-state index is 0.926. The van der Waals surface area contributed by atoms with Gasteiger partial charge in [0.05, 0.1) is 0 Å². The van der Waals surface area contributed by atoms with Crippen LogP contribution in [0.25, 0.3) is 65.4 Å². The van der Waals surface area contributed by atoms with E-state index in [2.05, 4.69) is 157 Å². The molecule has 1 heterocycles. The van der Waals surface area contributed by atoms with Gasteiger partial charge in [-0.1, -0.05) is 109 Å².